The standard InChI is InChI=1S/C14H14N6O/c1-10-16-18-14-8-7-11(19-20(10)14)9-15-17-12-5-3-4-6-13(12)21-2/h3-9,17H,1-2H3/b15-9+. The Bertz CT molecular complexity index is 795. The number of benzene rings is 1. The van der Waals surface area contributed by atoms with Gasteiger partial charge in [-0.1, -0.05) is 12.1 Å². The Morgan fingerprint density at radius 1 is 1.19 bits per heavy atom. The van der Waals surface area contributed by atoms with Crippen molar-refractivity contribution >= 4 is 17.5 Å². The van der Waals surface area contributed by atoms with E-state index in [0.29, 0.717) is 11.3 Å². The highest BCUT2D eigenvalue weighted by Gasteiger charge is 2.02. The number of anilines is 1. The molecular formula is C14H14N6O. The van der Waals surface area contributed by atoms with Crippen LogP contribution < -0.4 is 10.2 Å². The molecule has 0 aliphatic heterocycles. The van der Waals surface area contributed by atoms with Crippen LogP contribution in [0.15, 0.2) is 41.5 Å². The first-order valence-electron chi connectivity index (χ1n) is 6.39. The summed E-state index contributed by atoms with van der Waals surface area (Å²) in [4.78, 5) is 0. The Labute approximate surface area is 121 Å². The van der Waals surface area contributed by atoms with Gasteiger partial charge in [0.15, 0.2) is 11.5 Å². The summed E-state index contributed by atoms with van der Waals surface area (Å²) in [6, 6.07) is 11.2. The molecule has 0 fully saturated rings. The second-order valence-electron chi connectivity index (χ2n) is 4.35. The van der Waals surface area contributed by atoms with E-state index in [0.717, 1.165) is 17.3 Å². The van der Waals surface area contributed by atoms with E-state index in [1.807, 2.05) is 43.3 Å². The number of fused-ring (bicyclic) bond motifs is 1. The highest BCUT2D eigenvalue weighted by atomic mass is 16.5. The predicted octanol–water partition coefficient (Wildman–Crippen LogP) is 1.89. The van der Waals surface area contributed by atoms with Gasteiger partial charge in [0, 0.05) is 0 Å². The summed E-state index contributed by atoms with van der Waals surface area (Å²) >= 11 is 0. The Morgan fingerprint density at radius 3 is 2.90 bits per heavy atom. The fourth-order valence-electron chi connectivity index (χ4n) is 1.88. The highest BCUT2D eigenvalue weighted by molar-refractivity contribution is 5.78. The third-order valence-corrected chi connectivity index (χ3v) is 2.93. The van der Waals surface area contributed by atoms with E-state index < -0.39 is 0 Å². The average Bonchev–Trinajstić information content (AvgIpc) is 2.89. The number of nitrogens with zero attached hydrogens (tertiary/aromatic N) is 5. The largest absolute Gasteiger partial charge is 0.495 e. The molecule has 0 atom stereocenters. The van der Waals surface area contributed by atoms with Gasteiger partial charge in [-0.15, -0.1) is 10.2 Å². The summed E-state index contributed by atoms with van der Waals surface area (Å²) in [7, 11) is 1.62. The molecular weight excluding hydrogens is 268 g/mol. The second kappa shape index (κ2) is 5.58. The van der Waals surface area contributed by atoms with Crippen molar-refractivity contribution in [2.75, 3.05) is 12.5 Å². The van der Waals surface area contributed by atoms with E-state index in [-0.39, 0.29) is 0 Å². The summed E-state index contributed by atoms with van der Waals surface area (Å²) in [5.41, 5.74) is 5.13. The van der Waals surface area contributed by atoms with Crippen LogP contribution in [0, 0.1) is 6.92 Å². The third-order valence-electron chi connectivity index (χ3n) is 2.93. The molecule has 7 nitrogen and oxygen atoms in total. The van der Waals surface area contributed by atoms with Crippen molar-refractivity contribution in [1.29, 1.82) is 0 Å². The molecule has 0 aliphatic rings. The van der Waals surface area contributed by atoms with E-state index in [2.05, 4.69) is 25.8 Å². The van der Waals surface area contributed by atoms with Crippen molar-refractivity contribution in [2.24, 2.45) is 5.10 Å². The van der Waals surface area contributed by atoms with Crippen LogP contribution in [0.2, 0.25) is 0 Å². The number of ether oxygens (including phenoxy) is 1. The van der Waals surface area contributed by atoms with Gasteiger partial charge in [0.1, 0.15) is 11.4 Å². The van der Waals surface area contributed by atoms with Crippen LogP contribution in [0.5, 0.6) is 5.75 Å². The van der Waals surface area contributed by atoms with E-state index in [4.69, 9.17) is 4.74 Å². The maximum absolute atomic E-state index is 5.24. The summed E-state index contributed by atoms with van der Waals surface area (Å²) in [6.07, 6.45) is 1.63. The summed E-state index contributed by atoms with van der Waals surface area (Å²) in [5.74, 6) is 1.46. The fourth-order valence-corrected chi connectivity index (χ4v) is 1.88. The van der Waals surface area contributed by atoms with Gasteiger partial charge < -0.3 is 4.74 Å². The molecule has 7 heteroatoms. The SMILES string of the molecule is COc1ccccc1N/N=C/c1ccc2nnc(C)n2n1. The lowest BCUT2D eigenvalue weighted by molar-refractivity contribution is 0.416. The van der Waals surface area contributed by atoms with Crippen LogP contribution in [0.1, 0.15) is 11.5 Å². The molecule has 1 N–H and O–H groups in total. The minimum absolute atomic E-state index is 0.702. The lowest BCUT2D eigenvalue weighted by atomic mass is 10.3. The molecule has 0 spiro atoms. The molecule has 2 aromatic heterocycles. The van der Waals surface area contributed by atoms with Gasteiger partial charge in [-0.2, -0.15) is 14.7 Å². The predicted molar refractivity (Wildman–Crippen MR) is 79.7 cm³/mol. The van der Waals surface area contributed by atoms with Crippen molar-refractivity contribution in [3.63, 3.8) is 0 Å². The van der Waals surface area contributed by atoms with Gasteiger partial charge in [0.25, 0.3) is 0 Å². The fraction of sp³-hybridized carbons (Fsp3) is 0.143. The molecule has 0 radical (unpaired) electrons. The third kappa shape index (κ3) is 2.66. The zero-order chi connectivity index (χ0) is 14.7. The Kier molecular flexibility index (Phi) is 3.46. The van der Waals surface area contributed by atoms with Crippen LogP contribution in [-0.2, 0) is 0 Å². The maximum Gasteiger partial charge on any atom is 0.177 e. The summed E-state index contributed by atoms with van der Waals surface area (Å²) in [5, 5.41) is 16.5. The topological polar surface area (TPSA) is 76.7 Å². The number of hydrazone groups is 1. The maximum atomic E-state index is 5.24. The zero-order valence-corrected chi connectivity index (χ0v) is 11.7. The lowest BCUT2D eigenvalue weighted by Crippen LogP contribution is -2.00. The number of nitrogens with one attached hydrogen (secondary N) is 1. The molecule has 21 heavy (non-hydrogen) atoms. The van der Waals surface area contributed by atoms with E-state index in [1.54, 1.807) is 17.8 Å². The first-order valence-corrected chi connectivity index (χ1v) is 6.39. The summed E-state index contributed by atoms with van der Waals surface area (Å²) < 4.78 is 6.91. The van der Waals surface area contributed by atoms with Crippen LogP contribution in [0.4, 0.5) is 5.69 Å². The van der Waals surface area contributed by atoms with Crippen LogP contribution >= 0.6 is 0 Å². The Balaban J connectivity index is 1.79. The number of aromatic nitrogens is 4. The second-order valence-corrected chi connectivity index (χ2v) is 4.35. The Hall–Kier alpha value is -2.96. The van der Waals surface area contributed by atoms with Gasteiger partial charge in [-0.3, -0.25) is 5.43 Å². The molecule has 3 rings (SSSR count). The monoisotopic (exact) mass is 282 g/mol. The van der Waals surface area contributed by atoms with Crippen LogP contribution in [-0.4, -0.2) is 33.1 Å². The highest BCUT2D eigenvalue weighted by Crippen LogP contribution is 2.22. The van der Waals surface area contributed by atoms with Gasteiger partial charge >= 0.3 is 0 Å². The molecule has 0 unspecified atom stereocenters. The molecule has 106 valence electrons. The van der Waals surface area contributed by atoms with Gasteiger partial charge in [0.05, 0.1) is 19.0 Å². The van der Waals surface area contributed by atoms with Crippen molar-refractivity contribution in [2.45, 2.75) is 6.92 Å². The van der Waals surface area contributed by atoms with E-state index in [9.17, 15) is 0 Å². The van der Waals surface area contributed by atoms with Crippen molar-refractivity contribution in [1.82, 2.24) is 19.8 Å². The van der Waals surface area contributed by atoms with Gasteiger partial charge in [-0.05, 0) is 31.2 Å². The number of rotatable bonds is 4. The molecule has 0 bridgehead atoms. The quantitative estimate of drug-likeness (QED) is 0.584. The minimum Gasteiger partial charge on any atom is -0.495 e. The van der Waals surface area contributed by atoms with Crippen molar-refractivity contribution in [3.8, 4) is 5.75 Å². The molecule has 0 aliphatic carbocycles. The summed E-state index contributed by atoms with van der Waals surface area (Å²) in [6.45, 7) is 1.85. The van der Waals surface area contributed by atoms with Gasteiger partial charge in [-0.25, -0.2) is 0 Å². The Morgan fingerprint density at radius 2 is 2.05 bits per heavy atom. The van der Waals surface area contributed by atoms with Crippen molar-refractivity contribution < 1.29 is 4.74 Å². The number of aryl methyl sites for hydroxylation is 1. The first kappa shape index (κ1) is 13.0. The minimum atomic E-state index is 0.702. The smallest absolute Gasteiger partial charge is 0.177 e. The zero-order valence-electron chi connectivity index (χ0n) is 11.7. The van der Waals surface area contributed by atoms with Crippen molar-refractivity contribution in [3.05, 3.63) is 47.9 Å². The number of hydrogen-bond donors (Lipinski definition) is 1. The van der Waals surface area contributed by atoms with Gasteiger partial charge in [0.2, 0.25) is 0 Å². The van der Waals surface area contributed by atoms with E-state index >= 15 is 0 Å². The molecule has 0 saturated heterocycles. The molecule has 2 heterocycles. The van der Waals surface area contributed by atoms with E-state index in [1.165, 1.54) is 0 Å². The first-order chi connectivity index (χ1) is 10.3. The van der Waals surface area contributed by atoms with Crippen LogP contribution in [0.25, 0.3) is 5.65 Å². The normalized spacial score (nSPS) is 11.1. The number of methoxy groups -OCH3 is 1. The molecule has 0 saturated carbocycles. The molecule has 1 aromatic carbocycles. The molecule has 3 aromatic rings. The molecule has 0 amide bonds. The number of para-hydroxylation sites is 2. The number of hydrogen-bond acceptors (Lipinski definition) is 6. The van der Waals surface area contributed by atoms with Crippen LogP contribution in [0.3, 0.4) is 0 Å². The lowest BCUT2D eigenvalue weighted by Gasteiger charge is -2.06. The average molecular weight is 282 g/mol.